The number of carbonyl (C=O) groups is 1. The number of carbonyl (C=O) groups excluding carboxylic acids is 1. The Morgan fingerprint density at radius 3 is 2.80 bits per heavy atom. The molecule has 0 aliphatic rings. The summed E-state index contributed by atoms with van der Waals surface area (Å²) in [5.74, 6) is 0.0803. The van der Waals surface area contributed by atoms with Gasteiger partial charge in [-0.2, -0.15) is 0 Å². The van der Waals surface area contributed by atoms with E-state index in [0.717, 1.165) is 0 Å². The number of nitrogens with zero attached hydrogens (tertiary/aromatic N) is 1. The maximum Gasteiger partial charge on any atom is 0.290 e. The molecule has 0 bridgehead atoms. The van der Waals surface area contributed by atoms with Crippen LogP contribution in [0, 0.1) is 5.82 Å². The topological polar surface area (TPSA) is 73.6 Å². The zero-order valence-electron chi connectivity index (χ0n) is 10.8. The fourth-order valence-electron chi connectivity index (χ4n) is 1.41. The third kappa shape index (κ3) is 3.71. The quantitative estimate of drug-likeness (QED) is 0.814. The monoisotopic (exact) mass is 280 g/mol. The smallest absolute Gasteiger partial charge is 0.290 e. The number of hydrogen-bond acceptors (Lipinski definition) is 5. The first kappa shape index (κ1) is 13.9. The van der Waals surface area contributed by atoms with Crippen molar-refractivity contribution in [3.05, 3.63) is 41.9 Å². The fraction of sp³-hybridized carbons (Fsp3) is 0.231. The summed E-state index contributed by atoms with van der Waals surface area (Å²) in [6.45, 7) is 0.530. The van der Waals surface area contributed by atoms with Gasteiger partial charge >= 0.3 is 0 Å². The Morgan fingerprint density at radius 1 is 1.40 bits per heavy atom. The van der Waals surface area contributed by atoms with E-state index in [1.807, 2.05) is 0 Å². The number of aromatic nitrogens is 1. The third-order valence-corrected chi connectivity index (χ3v) is 2.39. The van der Waals surface area contributed by atoms with Crippen LogP contribution in [0.25, 0.3) is 0 Å². The van der Waals surface area contributed by atoms with E-state index in [2.05, 4.69) is 10.5 Å². The third-order valence-electron chi connectivity index (χ3n) is 2.39. The van der Waals surface area contributed by atoms with Crippen molar-refractivity contribution < 1.29 is 23.2 Å². The van der Waals surface area contributed by atoms with Crippen molar-refractivity contribution in [2.24, 2.45) is 0 Å². The van der Waals surface area contributed by atoms with Crippen LogP contribution >= 0.6 is 0 Å². The molecule has 7 heteroatoms. The first-order valence-corrected chi connectivity index (χ1v) is 5.86. The Morgan fingerprint density at radius 2 is 2.15 bits per heavy atom. The van der Waals surface area contributed by atoms with E-state index in [1.54, 1.807) is 0 Å². The highest BCUT2D eigenvalue weighted by molar-refractivity contribution is 5.91. The second-order valence-corrected chi connectivity index (χ2v) is 3.79. The summed E-state index contributed by atoms with van der Waals surface area (Å²) in [6, 6.07) is 7.01. The molecule has 2 aromatic rings. The van der Waals surface area contributed by atoms with Gasteiger partial charge < -0.3 is 19.3 Å². The number of hydrogen-bond donors (Lipinski definition) is 1. The highest BCUT2D eigenvalue weighted by Gasteiger charge is 2.12. The predicted molar refractivity (Wildman–Crippen MR) is 67.3 cm³/mol. The van der Waals surface area contributed by atoms with E-state index in [4.69, 9.17) is 14.0 Å². The molecule has 0 aliphatic carbocycles. The van der Waals surface area contributed by atoms with Crippen LogP contribution in [0.2, 0.25) is 0 Å². The first-order valence-electron chi connectivity index (χ1n) is 5.86. The van der Waals surface area contributed by atoms with Gasteiger partial charge in [-0.3, -0.25) is 4.79 Å². The van der Waals surface area contributed by atoms with Crippen LogP contribution in [0.5, 0.6) is 11.6 Å². The normalized spacial score (nSPS) is 10.1. The number of benzene rings is 1. The second kappa shape index (κ2) is 6.55. The second-order valence-electron chi connectivity index (χ2n) is 3.79. The molecule has 0 spiro atoms. The Bertz CT molecular complexity index is 568. The summed E-state index contributed by atoms with van der Waals surface area (Å²) in [7, 11) is 1.43. The lowest BCUT2D eigenvalue weighted by atomic mass is 10.3. The van der Waals surface area contributed by atoms with Gasteiger partial charge in [0.2, 0.25) is 5.76 Å². The highest BCUT2D eigenvalue weighted by atomic mass is 19.1. The Kier molecular flexibility index (Phi) is 4.54. The number of rotatable bonds is 6. The molecule has 0 unspecified atom stereocenters. The maximum absolute atomic E-state index is 12.7. The molecular formula is C13H13FN2O4. The molecule has 0 aliphatic heterocycles. The standard InChI is InChI=1S/C13H13FN2O4/c1-18-12-8-11(20-16-12)13(17)15-6-7-19-10-4-2-9(14)3-5-10/h2-5,8H,6-7H2,1H3,(H,15,17). The molecule has 6 nitrogen and oxygen atoms in total. The molecule has 2 rings (SSSR count). The van der Waals surface area contributed by atoms with Gasteiger partial charge in [0.25, 0.3) is 11.8 Å². The lowest BCUT2D eigenvalue weighted by Crippen LogP contribution is -2.27. The number of methoxy groups -OCH3 is 1. The van der Waals surface area contributed by atoms with Gasteiger partial charge in [0, 0.05) is 0 Å². The average molecular weight is 280 g/mol. The van der Waals surface area contributed by atoms with E-state index in [1.165, 1.54) is 37.4 Å². The molecule has 0 saturated heterocycles. The minimum absolute atomic E-state index is 0.0589. The van der Waals surface area contributed by atoms with E-state index >= 15 is 0 Å². The fourth-order valence-corrected chi connectivity index (χ4v) is 1.41. The maximum atomic E-state index is 12.7. The van der Waals surface area contributed by atoms with E-state index in [-0.39, 0.29) is 30.6 Å². The summed E-state index contributed by atoms with van der Waals surface area (Å²) in [5.41, 5.74) is 0. The van der Waals surface area contributed by atoms with Crippen LogP contribution in [-0.2, 0) is 0 Å². The van der Waals surface area contributed by atoms with Crippen molar-refractivity contribution in [2.45, 2.75) is 0 Å². The van der Waals surface area contributed by atoms with Gasteiger partial charge in [0.15, 0.2) is 0 Å². The van der Waals surface area contributed by atoms with Gasteiger partial charge in [-0.05, 0) is 29.4 Å². The van der Waals surface area contributed by atoms with E-state index < -0.39 is 5.91 Å². The Hall–Kier alpha value is -2.57. The van der Waals surface area contributed by atoms with Crippen LogP contribution in [0.4, 0.5) is 4.39 Å². The molecule has 0 atom stereocenters. The minimum Gasteiger partial charge on any atom is -0.492 e. The predicted octanol–water partition coefficient (Wildman–Crippen LogP) is 1.63. The summed E-state index contributed by atoms with van der Waals surface area (Å²) in [5, 5.41) is 6.11. The van der Waals surface area contributed by atoms with Crippen LogP contribution < -0.4 is 14.8 Å². The molecule has 1 heterocycles. The summed E-state index contributed by atoms with van der Waals surface area (Å²) in [4.78, 5) is 11.6. The van der Waals surface area contributed by atoms with E-state index in [0.29, 0.717) is 5.75 Å². The van der Waals surface area contributed by atoms with Crippen LogP contribution in [0.1, 0.15) is 10.6 Å². The zero-order valence-corrected chi connectivity index (χ0v) is 10.8. The van der Waals surface area contributed by atoms with Gasteiger partial charge in [0.05, 0.1) is 19.7 Å². The van der Waals surface area contributed by atoms with Crippen molar-refractivity contribution in [2.75, 3.05) is 20.3 Å². The molecule has 20 heavy (non-hydrogen) atoms. The van der Waals surface area contributed by atoms with Crippen molar-refractivity contribution in [1.82, 2.24) is 10.5 Å². The number of amides is 1. The Labute approximate surface area is 114 Å². The SMILES string of the molecule is COc1cc(C(=O)NCCOc2ccc(F)cc2)on1. The summed E-state index contributed by atoms with van der Waals surface area (Å²) < 4.78 is 27.6. The molecular weight excluding hydrogens is 267 g/mol. The lowest BCUT2D eigenvalue weighted by molar-refractivity contribution is 0.0910. The zero-order chi connectivity index (χ0) is 14.4. The summed E-state index contributed by atoms with van der Waals surface area (Å²) in [6.07, 6.45) is 0. The molecule has 1 amide bonds. The molecule has 1 aromatic carbocycles. The van der Waals surface area contributed by atoms with Crippen molar-refractivity contribution in [1.29, 1.82) is 0 Å². The van der Waals surface area contributed by atoms with E-state index in [9.17, 15) is 9.18 Å². The van der Waals surface area contributed by atoms with Gasteiger partial charge in [-0.25, -0.2) is 4.39 Å². The molecule has 1 aromatic heterocycles. The van der Waals surface area contributed by atoms with Gasteiger partial charge in [-0.15, -0.1) is 0 Å². The van der Waals surface area contributed by atoms with Crippen molar-refractivity contribution >= 4 is 5.91 Å². The van der Waals surface area contributed by atoms with Crippen LogP contribution in [0.15, 0.2) is 34.9 Å². The molecule has 0 saturated carbocycles. The first-order chi connectivity index (χ1) is 9.69. The molecule has 106 valence electrons. The number of halogens is 1. The van der Waals surface area contributed by atoms with Gasteiger partial charge in [0.1, 0.15) is 18.2 Å². The molecule has 0 fully saturated rings. The molecule has 1 N–H and O–H groups in total. The highest BCUT2D eigenvalue weighted by Crippen LogP contribution is 2.11. The number of nitrogens with one attached hydrogen (secondary N) is 1. The largest absolute Gasteiger partial charge is 0.492 e. The average Bonchev–Trinajstić information content (AvgIpc) is 2.94. The van der Waals surface area contributed by atoms with Crippen molar-refractivity contribution in [3.63, 3.8) is 0 Å². The molecule has 0 radical (unpaired) electrons. The van der Waals surface area contributed by atoms with Gasteiger partial charge in [-0.1, -0.05) is 0 Å². The van der Waals surface area contributed by atoms with Crippen LogP contribution in [0.3, 0.4) is 0 Å². The summed E-state index contributed by atoms with van der Waals surface area (Å²) >= 11 is 0. The van der Waals surface area contributed by atoms with Crippen LogP contribution in [-0.4, -0.2) is 31.3 Å². The number of ether oxygens (including phenoxy) is 2. The lowest BCUT2D eigenvalue weighted by Gasteiger charge is -2.06. The van der Waals surface area contributed by atoms with Crippen molar-refractivity contribution in [3.8, 4) is 11.6 Å². The minimum atomic E-state index is -0.413. The Balaban J connectivity index is 1.72.